The standard InChI is InChI=1S/C11H6ClFO2S/c12-7-1-2-8(9(13)4-7)10-3-6(5-16-10)11(14)15/h1-5H,(H,14,15). The van der Waals surface area contributed by atoms with Crippen molar-refractivity contribution < 1.29 is 14.3 Å². The minimum Gasteiger partial charge on any atom is -0.478 e. The van der Waals surface area contributed by atoms with Crippen molar-refractivity contribution in [1.29, 1.82) is 0 Å². The molecule has 1 heterocycles. The van der Waals surface area contributed by atoms with Crippen molar-refractivity contribution in [2.75, 3.05) is 0 Å². The molecule has 0 saturated carbocycles. The molecule has 82 valence electrons. The van der Waals surface area contributed by atoms with Gasteiger partial charge in [-0.15, -0.1) is 11.3 Å². The van der Waals surface area contributed by atoms with Crippen LogP contribution in [0.3, 0.4) is 0 Å². The highest BCUT2D eigenvalue weighted by Crippen LogP contribution is 2.30. The number of aromatic carboxylic acids is 1. The summed E-state index contributed by atoms with van der Waals surface area (Å²) in [4.78, 5) is 11.3. The molecule has 0 radical (unpaired) electrons. The van der Waals surface area contributed by atoms with Crippen LogP contribution < -0.4 is 0 Å². The summed E-state index contributed by atoms with van der Waals surface area (Å²) in [6.45, 7) is 0. The number of hydrogen-bond donors (Lipinski definition) is 1. The molecule has 0 saturated heterocycles. The van der Waals surface area contributed by atoms with Crippen LogP contribution in [0, 0.1) is 5.82 Å². The molecule has 0 spiro atoms. The van der Waals surface area contributed by atoms with Gasteiger partial charge in [0, 0.05) is 20.8 Å². The van der Waals surface area contributed by atoms with Gasteiger partial charge in [0.25, 0.3) is 0 Å². The van der Waals surface area contributed by atoms with Gasteiger partial charge in [0.2, 0.25) is 0 Å². The molecule has 2 rings (SSSR count). The average molecular weight is 257 g/mol. The fourth-order valence-corrected chi connectivity index (χ4v) is 2.35. The third kappa shape index (κ3) is 2.08. The summed E-state index contributed by atoms with van der Waals surface area (Å²) >= 11 is 6.82. The van der Waals surface area contributed by atoms with E-state index in [0.29, 0.717) is 15.5 Å². The second-order valence-electron chi connectivity index (χ2n) is 3.13. The smallest absolute Gasteiger partial charge is 0.336 e. The summed E-state index contributed by atoms with van der Waals surface area (Å²) in [5, 5.41) is 10.5. The largest absolute Gasteiger partial charge is 0.478 e. The van der Waals surface area contributed by atoms with E-state index in [4.69, 9.17) is 16.7 Å². The first kappa shape index (κ1) is 11.1. The van der Waals surface area contributed by atoms with Gasteiger partial charge in [-0.25, -0.2) is 9.18 Å². The number of carbonyl (C=O) groups is 1. The number of thiophene rings is 1. The lowest BCUT2D eigenvalue weighted by atomic mass is 10.1. The lowest BCUT2D eigenvalue weighted by Crippen LogP contribution is -1.91. The Kier molecular flexibility index (Phi) is 2.94. The fourth-order valence-electron chi connectivity index (χ4n) is 1.28. The summed E-state index contributed by atoms with van der Waals surface area (Å²) in [5.74, 6) is -1.47. The average Bonchev–Trinajstić information content (AvgIpc) is 2.66. The van der Waals surface area contributed by atoms with Gasteiger partial charge in [0.15, 0.2) is 0 Å². The van der Waals surface area contributed by atoms with Crippen LogP contribution in [0.2, 0.25) is 5.02 Å². The highest BCUT2D eigenvalue weighted by atomic mass is 35.5. The normalized spacial score (nSPS) is 10.4. The number of benzene rings is 1. The molecule has 2 aromatic rings. The molecule has 0 aliphatic heterocycles. The van der Waals surface area contributed by atoms with Gasteiger partial charge in [-0.05, 0) is 24.3 Å². The summed E-state index contributed by atoms with van der Waals surface area (Å²) in [5.41, 5.74) is 0.524. The minimum absolute atomic E-state index is 0.161. The van der Waals surface area contributed by atoms with Gasteiger partial charge in [-0.1, -0.05) is 11.6 Å². The summed E-state index contributed by atoms with van der Waals surface area (Å²) in [6, 6.07) is 5.76. The Balaban J connectivity index is 2.46. The topological polar surface area (TPSA) is 37.3 Å². The maximum absolute atomic E-state index is 13.5. The molecule has 0 aliphatic carbocycles. The SMILES string of the molecule is O=C(O)c1csc(-c2ccc(Cl)cc2F)c1. The fraction of sp³-hybridized carbons (Fsp3) is 0. The number of hydrogen-bond acceptors (Lipinski definition) is 2. The molecule has 1 aromatic carbocycles. The van der Waals surface area contributed by atoms with E-state index in [0.717, 1.165) is 0 Å². The molecule has 0 unspecified atom stereocenters. The number of carboxylic acid groups (broad SMARTS) is 1. The van der Waals surface area contributed by atoms with E-state index in [1.165, 1.54) is 34.9 Å². The Morgan fingerprint density at radius 2 is 2.12 bits per heavy atom. The molecule has 1 aromatic heterocycles. The Morgan fingerprint density at radius 1 is 1.38 bits per heavy atom. The van der Waals surface area contributed by atoms with Gasteiger partial charge < -0.3 is 5.11 Å². The van der Waals surface area contributed by atoms with E-state index in [1.807, 2.05) is 0 Å². The summed E-state index contributed by atoms with van der Waals surface area (Å²) in [6.07, 6.45) is 0. The van der Waals surface area contributed by atoms with E-state index in [1.54, 1.807) is 6.07 Å². The molecule has 2 nitrogen and oxygen atoms in total. The Morgan fingerprint density at radius 3 is 2.69 bits per heavy atom. The van der Waals surface area contributed by atoms with Gasteiger partial charge in [-0.2, -0.15) is 0 Å². The van der Waals surface area contributed by atoms with Crippen molar-refractivity contribution in [2.24, 2.45) is 0 Å². The molecule has 0 atom stereocenters. The highest BCUT2D eigenvalue weighted by molar-refractivity contribution is 7.13. The Bertz CT molecular complexity index is 551. The molecular formula is C11H6ClFO2S. The molecule has 1 N–H and O–H groups in total. The van der Waals surface area contributed by atoms with Crippen LogP contribution in [-0.2, 0) is 0 Å². The molecule has 5 heteroatoms. The minimum atomic E-state index is -1.02. The first-order valence-corrected chi connectivity index (χ1v) is 5.61. The van der Waals surface area contributed by atoms with Gasteiger partial charge in [0.1, 0.15) is 5.82 Å². The lowest BCUT2D eigenvalue weighted by Gasteiger charge is -1.99. The Labute approximate surface area is 99.9 Å². The van der Waals surface area contributed by atoms with Crippen LogP contribution in [-0.4, -0.2) is 11.1 Å². The predicted molar refractivity (Wildman–Crippen MR) is 61.7 cm³/mol. The summed E-state index contributed by atoms with van der Waals surface area (Å²) in [7, 11) is 0. The van der Waals surface area contributed by atoms with E-state index in [2.05, 4.69) is 0 Å². The number of halogens is 2. The first-order valence-electron chi connectivity index (χ1n) is 4.35. The van der Waals surface area contributed by atoms with Crippen molar-refractivity contribution in [1.82, 2.24) is 0 Å². The van der Waals surface area contributed by atoms with Gasteiger partial charge in [-0.3, -0.25) is 0 Å². The number of carboxylic acids is 1. The predicted octanol–water partition coefficient (Wildman–Crippen LogP) is 3.91. The first-order chi connectivity index (χ1) is 7.58. The van der Waals surface area contributed by atoms with Gasteiger partial charge >= 0.3 is 5.97 Å². The second kappa shape index (κ2) is 4.23. The van der Waals surface area contributed by atoms with E-state index >= 15 is 0 Å². The molecular weight excluding hydrogens is 251 g/mol. The molecule has 16 heavy (non-hydrogen) atoms. The van der Waals surface area contributed by atoms with Crippen LogP contribution in [0.5, 0.6) is 0 Å². The molecule has 0 aliphatic rings. The van der Waals surface area contributed by atoms with Crippen LogP contribution in [0.1, 0.15) is 10.4 Å². The van der Waals surface area contributed by atoms with Crippen molar-refractivity contribution >= 4 is 28.9 Å². The third-order valence-corrected chi connectivity index (χ3v) is 3.24. The Hall–Kier alpha value is -1.39. The van der Waals surface area contributed by atoms with Crippen molar-refractivity contribution in [3.63, 3.8) is 0 Å². The van der Waals surface area contributed by atoms with Crippen LogP contribution in [0.15, 0.2) is 29.6 Å². The van der Waals surface area contributed by atoms with E-state index in [9.17, 15) is 9.18 Å². The van der Waals surface area contributed by atoms with Crippen LogP contribution >= 0.6 is 22.9 Å². The van der Waals surface area contributed by atoms with E-state index in [-0.39, 0.29) is 5.56 Å². The van der Waals surface area contributed by atoms with Crippen LogP contribution in [0.4, 0.5) is 4.39 Å². The molecule has 0 fully saturated rings. The highest BCUT2D eigenvalue weighted by Gasteiger charge is 2.11. The zero-order valence-electron chi connectivity index (χ0n) is 7.91. The zero-order chi connectivity index (χ0) is 11.7. The summed E-state index contributed by atoms with van der Waals surface area (Å²) < 4.78 is 13.5. The van der Waals surface area contributed by atoms with Crippen molar-refractivity contribution in [3.05, 3.63) is 46.0 Å². The monoisotopic (exact) mass is 256 g/mol. The zero-order valence-corrected chi connectivity index (χ0v) is 9.48. The molecule has 0 amide bonds. The third-order valence-electron chi connectivity index (χ3n) is 2.04. The van der Waals surface area contributed by atoms with E-state index < -0.39 is 11.8 Å². The molecule has 0 bridgehead atoms. The maximum Gasteiger partial charge on any atom is 0.336 e. The number of rotatable bonds is 2. The maximum atomic E-state index is 13.5. The van der Waals surface area contributed by atoms with Crippen molar-refractivity contribution in [2.45, 2.75) is 0 Å². The van der Waals surface area contributed by atoms with Gasteiger partial charge in [0.05, 0.1) is 5.56 Å². The quantitative estimate of drug-likeness (QED) is 0.885. The van der Waals surface area contributed by atoms with Crippen LogP contribution in [0.25, 0.3) is 10.4 Å². The second-order valence-corrected chi connectivity index (χ2v) is 4.48. The van der Waals surface area contributed by atoms with Crippen molar-refractivity contribution in [3.8, 4) is 10.4 Å². The lowest BCUT2D eigenvalue weighted by molar-refractivity contribution is 0.0697.